The van der Waals surface area contributed by atoms with Crippen LogP contribution < -0.4 is 0 Å². The molecule has 1 N–H and O–H groups in total. The minimum absolute atomic E-state index is 0.166. The van der Waals surface area contributed by atoms with Gasteiger partial charge in [0.15, 0.2) is 0 Å². The van der Waals surface area contributed by atoms with Gasteiger partial charge in [0.05, 0.1) is 6.10 Å². The molecule has 1 aliphatic rings. The Balaban J connectivity index is 2.76. The molecule has 6 atom stereocenters. The third kappa shape index (κ3) is 5.41. The number of aliphatic hydroxyl groups is 1. The van der Waals surface area contributed by atoms with Gasteiger partial charge >= 0.3 is 0 Å². The monoisotopic (exact) mass is 308 g/mol. The number of hydrogen-bond donors (Lipinski definition) is 1. The molecule has 0 radical (unpaired) electrons. The van der Waals surface area contributed by atoms with Gasteiger partial charge in [-0.25, -0.2) is 0 Å². The molecule has 5 unspecified atom stereocenters. The van der Waals surface area contributed by atoms with Gasteiger partial charge in [-0.2, -0.15) is 0 Å². The largest absolute Gasteiger partial charge is 0.393 e. The Labute approximate surface area is 139 Å². The highest BCUT2D eigenvalue weighted by atomic mass is 16.3. The summed E-state index contributed by atoms with van der Waals surface area (Å²) < 4.78 is 0. The van der Waals surface area contributed by atoms with E-state index in [4.69, 9.17) is 0 Å². The summed E-state index contributed by atoms with van der Waals surface area (Å²) in [6.45, 7) is 17.6. The molecule has 1 fully saturated rings. The summed E-state index contributed by atoms with van der Waals surface area (Å²) >= 11 is 0. The fourth-order valence-corrected chi connectivity index (χ4v) is 4.47. The summed E-state index contributed by atoms with van der Waals surface area (Å²) in [7, 11) is 0. The minimum Gasteiger partial charge on any atom is -0.393 e. The zero-order valence-corrected chi connectivity index (χ0v) is 15.9. The van der Waals surface area contributed by atoms with E-state index in [9.17, 15) is 5.11 Å². The van der Waals surface area contributed by atoms with Crippen LogP contribution in [0.1, 0.15) is 80.1 Å². The average molecular weight is 309 g/mol. The lowest BCUT2D eigenvalue weighted by molar-refractivity contribution is -0.00889. The Morgan fingerprint density at radius 1 is 1.14 bits per heavy atom. The van der Waals surface area contributed by atoms with Crippen LogP contribution in [0, 0.1) is 35.0 Å². The first-order chi connectivity index (χ1) is 10.2. The molecule has 0 aromatic heterocycles. The lowest BCUT2D eigenvalue weighted by atomic mass is 9.60. The second kappa shape index (κ2) is 8.52. The van der Waals surface area contributed by atoms with Crippen LogP contribution in [0.25, 0.3) is 0 Å². The SMILES string of the molecule is C=C[C@@H](C)CCC(CC)C1CCC(C(C)(C)C)CC1C(C)O. The Kier molecular flexibility index (Phi) is 7.65. The third-order valence-corrected chi connectivity index (χ3v) is 6.32. The normalized spacial score (nSPS) is 30.6. The molecule has 0 heterocycles. The first-order valence-electron chi connectivity index (χ1n) is 9.51. The van der Waals surface area contributed by atoms with Crippen molar-refractivity contribution in [3.8, 4) is 0 Å². The highest BCUT2D eigenvalue weighted by Crippen LogP contribution is 2.47. The summed E-state index contributed by atoms with van der Waals surface area (Å²) in [6, 6.07) is 0. The summed E-state index contributed by atoms with van der Waals surface area (Å²) in [5.41, 5.74) is 0.372. The third-order valence-electron chi connectivity index (χ3n) is 6.32. The lowest BCUT2D eigenvalue weighted by Gasteiger charge is -2.45. The van der Waals surface area contributed by atoms with Crippen LogP contribution in [-0.4, -0.2) is 11.2 Å². The molecule has 1 saturated carbocycles. The summed E-state index contributed by atoms with van der Waals surface area (Å²) in [5.74, 6) is 3.34. The quantitative estimate of drug-likeness (QED) is 0.565. The standard InChI is InChI=1S/C21H40O/c1-8-15(3)10-11-17(9-2)19-13-12-18(21(5,6)7)14-20(19)16(4)22/h8,15-20,22H,1,9-14H2,2-7H3/t15-,16?,17?,18?,19?,20?/m1/s1. The topological polar surface area (TPSA) is 20.2 Å². The molecular weight excluding hydrogens is 268 g/mol. The molecule has 1 rings (SSSR count). The number of rotatable bonds is 7. The molecule has 130 valence electrons. The highest BCUT2D eigenvalue weighted by Gasteiger charge is 2.40. The van der Waals surface area contributed by atoms with Crippen LogP contribution in [0.5, 0.6) is 0 Å². The van der Waals surface area contributed by atoms with Crippen molar-refractivity contribution in [1.82, 2.24) is 0 Å². The van der Waals surface area contributed by atoms with Crippen molar-refractivity contribution in [2.24, 2.45) is 35.0 Å². The van der Waals surface area contributed by atoms with Crippen molar-refractivity contribution in [3.05, 3.63) is 12.7 Å². The predicted octanol–water partition coefficient (Wildman–Crippen LogP) is 6.07. The Hall–Kier alpha value is -0.300. The summed E-state index contributed by atoms with van der Waals surface area (Å²) in [4.78, 5) is 0. The molecule has 22 heavy (non-hydrogen) atoms. The van der Waals surface area contributed by atoms with Crippen molar-refractivity contribution in [1.29, 1.82) is 0 Å². The zero-order valence-electron chi connectivity index (χ0n) is 15.9. The van der Waals surface area contributed by atoms with Gasteiger partial charge < -0.3 is 5.11 Å². The van der Waals surface area contributed by atoms with E-state index in [1.165, 1.54) is 38.5 Å². The molecule has 0 amide bonds. The molecule has 1 heteroatoms. The Bertz CT molecular complexity index is 325. The second-order valence-corrected chi connectivity index (χ2v) is 8.90. The van der Waals surface area contributed by atoms with E-state index in [-0.39, 0.29) is 6.10 Å². The number of aliphatic hydroxyl groups excluding tert-OH is 1. The van der Waals surface area contributed by atoms with Gasteiger partial charge in [-0.1, -0.05) is 47.1 Å². The molecule has 0 bridgehead atoms. The lowest BCUT2D eigenvalue weighted by Crippen LogP contribution is -2.39. The van der Waals surface area contributed by atoms with Gasteiger partial charge in [0, 0.05) is 0 Å². The molecule has 0 saturated heterocycles. The molecular formula is C21H40O. The first kappa shape index (κ1) is 19.7. The van der Waals surface area contributed by atoms with Gasteiger partial charge in [0.2, 0.25) is 0 Å². The zero-order chi connectivity index (χ0) is 16.9. The fraction of sp³-hybridized carbons (Fsp3) is 0.905. The van der Waals surface area contributed by atoms with Gasteiger partial charge in [-0.05, 0) is 74.0 Å². The number of allylic oxidation sites excluding steroid dienone is 1. The maximum Gasteiger partial charge on any atom is 0.0543 e. The van der Waals surface area contributed by atoms with Crippen molar-refractivity contribution in [3.63, 3.8) is 0 Å². The van der Waals surface area contributed by atoms with E-state index >= 15 is 0 Å². The molecule has 0 aliphatic heterocycles. The Morgan fingerprint density at radius 3 is 2.23 bits per heavy atom. The number of hydrogen-bond acceptors (Lipinski definition) is 1. The molecule has 1 aliphatic carbocycles. The van der Waals surface area contributed by atoms with E-state index in [1.54, 1.807) is 0 Å². The maximum absolute atomic E-state index is 10.4. The fourth-order valence-electron chi connectivity index (χ4n) is 4.47. The van der Waals surface area contributed by atoms with Gasteiger partial charge in [0.1, 0.15) is 0 Å². The van der Waals surface area contributed by atoms with E-state index in [0.717, 1.165) is 11.8 Å². The van der Waals surface area contributed by atoms with Crippen molar-refractivity contribution in [2.45, 2.75) is 86.2 Å². The van der Waals surface area contributed by atoms with Crippen LogP contribution >= 0.6 is 0 Å². The van der Waals surface area contributed by atoms with Crippen LogP contribution in [-0.2, 0) is 0 Å². The molecule has 0 aromatic carbocycles. The van der Waals surface area contributed by atoms with E-state index in [2.05, 4.69) is 47.3 Å². The van der Waals surface area contributed by atoms with E-state index in [1.807, 2.05) is 6.92 Å². The van der Waals surface area contributed by atoms with Crippen molar-refractivity contribution in [2.75, 3.05) is 0 Å². The average Bonchev–Trinajstić information content (AvgIpc) is 2.46. The summed E-state index contributed by atoms with van der Waals surface area (Å²) in [5, 5.41) is 10.4. The highest BCUT2D eigenvalue weighted by molar-refractivity contribution is 4.90. The maximum atomic E-state index is 10.4. The summed E-state index contributed by atoms with van der Waals surface area (Å²) in [6.07, 6.45) is 9.54. The molecule has 0 aromatic rings. The van der Waals surface area contributed by atoms with Crippen LogP contribution in [0.15, 0.2) is 12.7 Å². The first-order valence-corrected chi connectivity index (χ1v) is 9.51. The molecule has 1 nitrogen and oxygen atoms in total. The van der Waals surface area contributed by atoms with Crippen LogP contribution in [0.3, 0.4) is 0 Å². The van der Waals surface area contributed by atoms with Gasteiger partial charge in [-0.3, -0.25) is 0 Å². The minimum atomic E-state index is -0.166. The Morgan fingerprint density at radius 2 is 1.77 bits per heavy atom. The van der Waals surface area contributed by atoms with Crippen LogP contribution in [0.4, 0.5) is 0 Å². The van der Waals surface area contributed by atoms with Crippen molar-refractivity contribution < 1.29 is 5.11 Å². The second-order valence-electron chi connectivity index (χ2n) is 8.90. The predicted molar refractivity (Wildman–Crippen MR) is 97.8 cm³/mol. The van der Waals surface area contributed by atoms with E-state index < -0.39 is 0 Å². The molecule has 0 spiro atoms. The van der Waals surface area contributed by atoms with Crippen LogP contribution in [0.2, 0.25) is 0 Å². The van der Waals surface area contributed by atoms with Gasteiger partial charge in [-0.15, -0.1) is 6.58 Å². The van der Waals surface area contributed by atoms with Gasteiger partial charge in [0.25, 0.3) is 0 Å². The smallest absolute Gasteiger partial charge is 0.0543 e. The van der Waals surface area contributed by atoms with Crippen molar-refractivity contribution >= 4 is 0 Å². The van der Waals surface area contributed by atoms with E-state index in [0.29, 0.717) is 23.2 Å².